The zero-order valence-corrected chi connectivity index (χ0v) is 18.6. The molecule has 0 fully saturated rings. The number of benzene rings is 1. The zero-order chi connectivity index (χ0) is 21.6. The summed E-state index contributed by atoms with van der Waals surface area (Å²) in [6.07, 6.45) is 0.661. The monoisotopic (exact) mass is 432 g/mol. The Hall–Kier alpha value is -2.10. The van der Waals surface area contributed by atoms with Gasteiger partial charge in [-0.2, -0.15) is 5.26 Å². The fraction of sp³-hybridized carbons (Fsp3) is 0.455. The molecule has 1 aliphatic heterocycles. The number of carbonyl (C=O) groups excluding carboxylic acids is 2. The molecule has 1 aliphatic rings. The Morgan fingerprint density at radius 3 is 2.52 bits per heavy atom. The number of ether oxygens (including phenoxy) is 1. The molecule has 5 nitrogen and oxygen atoms in total. The van der Waals surface area contributed by atoms with Crippen LogP contribution in [0.2, 0.25) is 5.02 Å². The number of ketones is 1. The lowest BCUT2D eigenvalue weighted by Gasteiger charge is -2.30. The fourth-order valence-corrected chi connectivity index (χ4v) is 4.47. The van der Waals surface area contributed by atoms with Crippen molar-refractivity contribution in [2.45, 2.75) is 34.1 Å². The Morgan fingerprint density at radius 2 is 1.97 bits per heavy atom. The van der Waals surface area contributed by atoms with E-state index in [1.807, 2.05) is 0 Å². The summed E-state index contributed by atoms with van der Waals surface area (Å²) in [7, 11) is 0. The van der Waals surface area contributed by atoms with E-state index < -0.39 is 11.9 Å². The number of allylic oxidation sites excluding steroid dienone is 1. The standard InChI is InChI=1S/C22H25ClN2O3S/c1-5-28-22(27)20-14(4)25-21(18(11-24)17(20)10-13(2)3)29-12-19(26)15-6-8-16(23)9-7-15/h6-9,13,17-18H,5,10,12H2,1-4H3. The van der Waals surface area contributed by atoms with Gasteiger partial charge in [-0.15, -0.1) is 11.8 Å². The third-order valence-electron chi connectivity index (χ3n) is 4.58. The van der Waals surface area contributed by atoms with Crippen LogP contribution in [0, 0.1) is 29.1 Å². The first-order chi connectivity index (χ1) is 13.8. The van der Waals surface area contributed by atoms with E-state index in [9.17, 15) is 14.9 Å². The second-order valence-corrected chi connectivity index (χ2v) is 8.66. The first-order valence-corrected chi connectivity index (χ1v) is 10.9. The van der Waals surface area contributed by atoms with Gasteiger partial charge in [0.2, 0.25) is 0 Å². The Bertz CT molecular complexity index is 869. The van der Waals surface area contributed by atoms with Crippen molar-refractivity contribution in [2.75, 3.05) is 12.4 Å². The Kier molecular flexibility index (Phi) is 8.48. The molecule has 0 amide bonds. The summed E-state index contributed by atoms with van der Waals surface area (Å²) in [5, 5.41) is 11.0. The van der Waals surface area contributed by atoms with Gasteiger partial charge < -0.3 is 4.74 Å². The van der Waals surface area contributed by atoms with Crippen molar-refractivity contribution in [1.29, 1.82) is 5.26 Å². The molecule has 7 heteroatoms. The van der Waals surface area contributed by atoms with Crippen molar-refractivity contribution in [2.24, 2.45) is 22.7 Å². The van der Waals surface area contributed by atoms with Crippen LogP contribution in [-0.4, -0.2) is 29.2 Å². The van der Waals surface area contributed by atoms with Crippen molar-refractivity contribution >= 4 is 40.2 Å². The number of nitriles is 1. The highest BCUT2D eigenvalue weighted by molar-refractivity contribution is 8.14. The quantitative estimate of drug-likeness (QED) is 0.431. The molecule has 0 spiro atoms. The van der Waals surface area contributed by atoms with Gasteiger partial charge in [-0.05, 0) is 50.5 Å². The van der Waals surface area contributed by atoms with Gasteiger partial charge in [-0.3, -0.25) is 4.79 Å². The number of carbonyl (C=O) groups is 2. The highest BCUT2D eigenvalue weighted by Gasteiger charge is 2.38. The van der Waals surface area contributed by atoms with E-state index in [4.69, 9.17) is 16.3 Å². The number of halogens is 1. The summed E-state index contributed by atoms with van der Waals surface area (Å²) in [6, 6.07) is 9.02. The second kappa shape index (κ2) is 10.6. The molecule has 0 saturated heterocycles. The molecule has 29 heavy (non-hydrogen) atoms. The van der Waals surface area contributed by atoms with E-state index in [1.54, 1.807) is 38.1 Å². The number of hydrogen-bond acceptors (Lipinski definition) is 6. The Morgan fingerprint density at radius 1 is 1.31 bits per heavy atom. The smallest absolute Gasteiger partial charge is 0.336 e. The lowest BCUT2D eigenvalue weighted by molar-refractivity contribution is -0.139. The lowest BCUT2D eigenvalue weighted by Crippen LogP contribution is -2.32. The zero-order valence-electron chi connectivity index (χ0n) is 17.1. The van der Waals surface area contributed by atoms with Crippen LogP contribution in [0.15, 0.2) is 40.5 Å². The molecule has 0 bridgehead atoms. The predicted octanol–water partition coefficient (Wildman–Crippen LogP) is 5.31. The maximum absolute atomic E-state index is 12.5. The normalized spacial score (nSPS) is 19.0. The van der Waals surface area contributed by atoms with Crippen LogP contribution in [0.4, 0.5) is 0 Å². The fourth-order valence-electron chi connectivity index (χ4n) is 3.30. The summed E-state index contributed by atoms with van der Waals surface area (Å²) in [5.41, 5.74) is 1.59. The van der Waals surface area contributed by atoms with Crippen molar-refractivity contribution in [3.05, 3.63) is 46.1 Å². The van der Waals surface area contributed by atoms with Crippen LogP contribution in [0.1, 0.15) is 44.5 Å². The molecule has 0 N–H and O–H groups in total. The molecular formula is C22H25ClN2O3S. The van der Waals surface area contributed by atoms with E-state index in [-0.39, 0.29) is 30.0 Å². The number of nitrogens with zero attached hydrogens (tertiary/aromatic N) is 2. The summed E-state index contributed by atoms with van der Waals surface area (Å²) < 4.78 is 5.21. The second-order valence-electron chi connectivity index (χ2n) is 7.23. The van der Waals surface area contributed by atoms with Gasteiger partial charge in [-0.1, -0.05) is 25.4 Å². The van der Waals surface area contributed by atoms with Crippen LogP contribution in [0.25, 0.3) is 0 Å². The van der Waals surface area contributed by atoms with Crippen molar-refractivity contribution < 1.29 is 14.3 Å². The molecule has 2 rings (SSSR count). The molecule has 1 heterocycles. The average Bonchev–Trinajstić information content (AvgIpc) is 2.66. The largest absolute Gasteiger partial charge is 0.463 e. The van der Waals surface area contributed by atoms with Crippen molar-refractivity contribution in [3.8, 4) is 6.07 Å². The number of hydrogen-bond donors (Lipinski definition) is 0. The van der Waals surface area contributed by atoms with Gasteiger partial charge in [0.05, 0.1) is 29.0 Å². The minimum atomic E-state index is -0.580. The van der Waals surface area contributed by atoms with E-state index in [2.05, 4.69) is 24.9 Å². The van der Waals surface area contributed by atoms with Gasteiger partial charge in [0.25, 0.3) is 0 Å². The lowest BCUT2D eigenvalue weighted by atomic mass is 9.79. The summed E-state index contributed by atoms with van der Waals surface area (Å²) in [4.78, 5) is 29.5. The number of rotatable bonds is 7. The first kappa shape index (κ1) is 23.2. The summed E-state index contributed by atoms with van der Waals surface area (Å²) >= 11 is 7.13. The molecule has 1 aromatic rings. The maximum atomic E-state index is 12.5. The van der Waals surface area contributed by atoms with Crippen LogP contribution >= 0.6 is 23.4 Å². The van der Waals surface area contributed by atoms with E-state index in [0.717, 1.165) is 0 Å². The van der Waals surface area contributed by atoms with Gasteiger partial charge in [0.1, 0.15) is 5.92 Å². The summed E-state index contributed by atoms with van der Waals surface area (Å²) in [6.45, 7) is 7.88. The number of esters is 1. The molecule has 2 unspecified atom stereocenters. The number of thioether (sulfide) groups is 1. The molecule has 2 atom stereocenters. The minimum absolute atomic E-state index is 0.0655. The molecule has 0 aromatic heterocycles. The highest BCUT2D eigenvalue weighted by Crippen LogP contribution is 2.38. The van der Waals surface area contributed by atoms with Gasteiger partial charge in [0, 0.05) is 22.2 Å². The van der Waals surface area contributed by atoms with Crippen LogP contribution < -0.4 is 0 Å². The van der Waals surface area contributed by atoms with Gasteiger partial charge in [-0.25, -0.2) is 9.79 Å². The molecule has 0 aliphatic carbocycles. The Balaban J connectivity index is 2.28. The molecule has 154 valence electrons. The van der Waals surface area contributed by atoms with Crippen LogP contribution in [0.3, 0.4) is 0 Å². The molecular weight excluding hydrogens is 408 g/mol. The van der Waals surface area contributed by atoms with E-state index >= 15 is 0 Å². The van der Waals surface area contributed by atoms with Crippen LogP contribution in [0.5, 0.6) is 0 Å². The SMILES string of the molecule is CCOC(=O)C1=C(C)N=C(SCC(=O)c2ccc(Cl)cc2)C(C#N)C1CC(C)C. The maximum Gasteiger partial charge on any atom is 0.336 e. The van der Waals surface area contributed by atoms with Gasteiger partial charge >= 0.3 is 5.97 Å². The predicted molar refractivity (Wildman–Crippen MR) is 117 cm³/mol. The topological polar surface area (TPSA) is 79.5 Å². The van der Waals surface area contributed by atoms with Crippen molar-refractivity contribution in [1.82, 2.24) is 0 Å². The van der Waals surface area contributed by atoms with Crippen molar-refractivity contribution in [3.63, 3.8) is 0 Å². The minimum Gasteiger partial charge on any atom is -0.463 e. The molecule has 0 radical (unpaired) electrons. The number of aliphatic imine (C=N–C) groups is 1. The summed E-state index contributed by atoms with van der Waals surface area (Å²) in [5.74, 6) is -0.915. The third kappa shape index (κ3) is 5.94. The highest BCUT2D eigenvalue weighted by atomic mass is 35.5. The molecule has 0 saturated carbocycles. The van der Waals surface area contributed by atoms with E-state index in [0.29, 0.717) is 33.3 Å². The van der Waals surface area contributed by atoms with Crippen LogP contribution in [-0.2, 0) is 9.53 Å². The van der Waals surface area contributed by atoms with Gasteiger partial charge in [0.15, 0.2) is 5.78 Å². The van der Waals surface area contributed by atoms with E-state index in [1.165, 1.54) is 11.8 Å². The molecule has 1 aromatic carbocycles. The average molecular weight is 433 g/mol. The number of Topliss-reactive ketones (excluding diaryl/α,β-unsaturated/α-hetero) is 1. The first-order valence-electron chi connectivity index (χ1n) is 9.56. The third-order valence-corrected chi connectivity index (χ3v) is 5.88. The Labute approximate surface area is 181 Å².